The lowest BCUT2D eigenvalue weighted by molar-refractivity contribution is 0.0996. The first-order chi connectivity index (χ1) is 4.45. The number of hydrogen-bond donors (Lipinski definition) is 1. The van der Waals surface area contributed by atoms with Crippen molar-refractivity contribution < 1.29 is 4.74 Å². The maximum absolute atomic E-state index is 5.49. The predicted octanol–water partition coefficient (Wildman–Crippen LogP) is 0.385. The Hall–Kier alpha value is -0.0800. The molecule has 2 fully saturated rings. The number of fused-ring (bicyclic) bond motifs is 2. The van der Waals surface area contributed by atoms with E-state index < -0.39 is 0 Å². The van der Waals surface area contributed by atoms with Crippen LogP contribution in [0.1, 0.15) is 12.8 Å². The van der Waals surface area contributed by atoms with Gasteiger partial charge in [0.25, 0.3) is 0 Å². The van der Waals surface area contributed by atoms with E-state index in [2.05, 4.69) is 5.32 Å². The fraction of sp³-hybridized carbons (Fsp3) is 1.00. The van der Waals surface area contributed by atoms with Crippen LogP contribution in [0.25, 0.3) is 0 Å². The lowest BCUT2D eigenvalue weighted by atomic mass is 10.0. The normalized spacial score (nSPS) is 42.7. The van der Waals surface area contributed by atoms with E-state index in [1.165, 1.54) is 19.4 Å². The average molecular weight is 127 g/mol. The van der Waals surface area contributed by atoms with Crippen molar-refractivity contribution in [3.8, 4) is 0 Å². The van der Waals surface area contributed by atoms with Gasteiger partial charge in [-0.2, -0.15) is 0 Å². The maximum Gasteiger partial charge on any atom is 0.0703 e. The molecule has 2 heteroatoms. The zero-order valence-electron chi connectivity index (χ0n) is 5.60. The number of nitrogens with one attached hydrogen (secondary N) is 1. The van der Waals surface area contributed by atoms with Gasteiger partial charge in [0.1, 0.15) is 0 Å². The van der Waals surface area contributed by atoms with Crippen molar-refractivity contribution in [3.63, 3.8) is 0 Å². The Morgan fingerprint density at radius 2 is 2.44 bits per heavy atom. The van der Waals surface area contributed by atoms with Crippen molar-refractivity contribution in [1.29, 1.82) is 0 Å². The summed E-state index contributed by atoms with van der Waals surface area (Å²) in [6.45, 7) is 3.30. The Morgan fingerprint density at radius 1 is 1.44 bits per heavy atom. The van der Waals surface area contributed by atoms with E-state index in [4.69, 9.17) is 4.74 Å². The Balaban J connectivity index is 1.99. The molecule has 0 aromatic rings. The molecule has 2 saturated heterocycles. The summed E-state index contributed by atoms with van der Waals surface area (Å²) in [6.07, 6.45) is 3.15. The van der Waals surface area contributed by atoms with Crippen LogP contribution < -0.4 is 5.32 Å². The monoisotopic (exact) mass is 127 g/mol. The van der Waals surface area contributed by atoms with Crippen LogP contribution in [0.4, 0.5) is 0 Å². The first-order valence-electron chi connectivity index (χ1n) is 3.77. The molecule has 0 saturated carbocycles. The lowest BCUT2D eigenvalue weighted by Crippen LogP contribution is -2.26. The summed E-state index contributed by atoms with van der Waals surface area (Å²) in [5, 5.41) is 3.35. The molecule has 52 valence electrons. The Kier molecular flexibility index (Phi) is 1.44. The zero-order valence-corrected chi connectivity index (χ0v) is 5.60. The van der Waals surface area contributed by atoms with E-state index in [9.17, 15) is 0 Å². The van der Waals surface area contributed by atoms with E-state index >= 15 is 0 Å². The molecule has 0 amide bonds. The van der Waals surface area contributed by atoms with Crippen molar-refractivity contribution in [2.24, 2.45) is 5.92 Å². The third-order valence-corrected chi connectivity index (χ3v) is 2.27. The molecular formula is C7H13NO. The highest BCUT2D eigenvalue weighted by molar-refractivity contribution is 4.79. The third-order valence-electron chi connectivity index (χ3n) is 2.27. The molecule has 1 N–H and O–H groups in total. The van der Waals surface area contributed by atoms with E-state index in [1.807, 2.05) is 0 Å². The van der Waals surface area contributed by atoms with Gasteiger partial charge in [0.2, 0.25) is 0 Å². The topological polar surface area (TPSA) is 21.3 Å². The smallest absolute Gasteiger partial charge is 0.0703 e. The first kappa shape index (κ1) is 5.69. The molecule has 2 rings (SSSR count). The number of rotatable bonds is 0. The van der Waals surface area contributed by atoms with Crippen molar-refractivity contribution in [2.75, 3.05) is 19.7 Å². The van der Waals surface area contributed by atoms with Crippen molar-refractivity contribution >= 4 is 0 Å². The summed E-state index contributed by atoms with van der Waals surface area (Å²) < 4.78 is 5.49. The first-order valence-corrected chi connectivity index (χ1v) is 3.77. The van der Waals surface area contributed by atoms with E-state index in [-0.39, 0.29) is 0 Å². The minimum Gasteiger partial charge on any atom is -0.377 e. The molecule has 0 spiro atoms. The van der Waals surface area contributed by atoms with E-state index in [0.29, 0.717) is 6.10 Å². The molecule has 2 bridgehead atoms. The molecule has 2 unspecified atom stereocenters. The number of ether oxygens (including phenoxy) is 1. The molecule has 2 atom stereocenters. The van der Waals surface area contributed by atoms with E-state index in [1.54, 1.807) is 0 Å². The van der Waals surface area contributed by atoms with Gasteiger partial charge in [0, 0.05) is 13.2 Å². The summed E-state index contributed by atoms with van der Waals surface area (Å²) in [4.78, 5) is 0. The second-order valence-corrected chi connectivity index (χ2v) is 3.05. The molecule has 2 nitrogen and oxygen atoms in total. The second kappa shape index (κ2) is 2.27. The molecule has 9 heavy (non-hydrogen) atoms. The predicted molar refractivity (Wildman–Crippen MR) is 35.3 cm³/mol. The fourth-order valence-corrected chi connectivity index (χ4v) is 1.69. The summed E-state index contributed by atoms with van der Waals surface area (Å²) in [7, 11) is 0. The van der Waals surface area contributed by atoms with Crippen LogP contribution in [0.3, 0.4) is 0 Å². The Bertz CT molecular complexity index is 93.1. The fourth-order valence-electron chi connectivity index (χ4n) is 1.69. The molecule has 2 aliphatic rings. The Labute approximate surface area is 55.6 Å². The molecule has 2 aliphatic heterocycles. The van der Waals surface area contributed by atoms with Crippen molar-refractivity contribution in [1.82, 2.24) is 5.32 Å². The SMILES string of the molecule is C1CC2COC(CN1)C2. The van der Waals surface area contributed by atoms with Gasteiger partial charge in [0.15, 0.2) is 0 Å². The van der Waals surface area contributed by atoms with Crippen LogP contribution in [0, 0.1) is 5.92 Å². The second-order valence-electron chi connectivity index (χ2n) is 3.05. The quantitative estimate of drug-likeness (QED) is 0.508. The minimum atomic E-state index is 0.539. The van der Waals surface area contributed by atoms with Crippen LogP contribution in [0.2, 0.25) is 0 Å². The van der Waals surface area contributed by atoms with Crippen molar-refractivity contribution in [2.45, 2.75) is 18.9 Å². The van der Waals surface area contributed by atoms with Gasteiger partial charge in [-0.1, -0.05) is 0 Å². The maximum atomic E-state index is 5.49. The highest BCUT2D eigenvalue weighted by atomic mass is 16.5. The van der Waals surface area contributed by atoms with E-state index in [0.717, 1.165) is 19.1 Å². The largest absolute Gasteiger partial charge is 0.377 e. The molecule has 2 heterocycles. The zero-order chi connectivity index (χ0) is 6.10. The van der Waals surface area contributed by atoms with Gasteiger partial charge in [-0.05, 0) is 25.3 Å². The van der Waals surface area contributed by atoms with Crippen LogP contribution in [0.15, 0.2) is 0 Å². The highest BCUT2D eigenvalue weighted by Crippen LogP contribution is 2.23. The third kappa shape index (κ3) is 1.10. The standard InChI is InChI=1S/C7H13NO/c1-2-8-4-7-3-6(1)5-9-7/h6-8H,1-5H2. The highest BCUT2D eigenvalue weighted by Gasteiger charge is 2.26. The van der Waals surface area contributed by atoms with Gasteiger partial charge in [-0.25, -0.2) is 0 Å². The molecule has 0 aromatic carbocycles. The van der Waals surface area contributed by atoms with Gasteiger partial charge in [0.05, 0.1) is 6.10 Å². The molecule has 0 aliphatic carbocycles. The molecule has 0 aromatic heterocycles. The van der Waals surface area contributed by atoms with Crippen molar-refractivity contribution in [3.05, 3.63) is 0 Å². The summed E-state index contributed by atoms with van der Waals surface area (Å²) in [5.74, 6) is 0.866. The van der Waals surface area contributed by atoms with Crippen LogP contribution in [-0.4, -0.2) is 25.8 Å². The summed E-state index contributed by atoms with van der Waals surface area (Å²) >= 11 is 0. The van der Waals surface area contributed by atoms with Crippen LogP contribution in [-0.2, 0) is 4.74 Å². The molecular weight excluding hydrogens is 114 g/mol. The number of hydrogen-bond acceptors (Lipinski definition) is 2. The average Bonchev–Trinajstić information content (AvgIpc) is 2.09. The lowest BCUT2D eigenvalue weighted by Gasteiger charge is -2.09. The van der Waals surface area contributed by atoms with Crippen LogP contribution >= 0.6 is 0 Å². The summed E-state index contributed by atoms with van der Waals surface area (Å²) in [5.41, 5.74) is 0. The molecule has 0 radical (unpaired) electrons. The van der Waals surface area contributed by atoms with Gasteiger partial charge < -0.3 is 10.1 Å². The van der Waals surface area contributed by atoms with Gasteiger partial charge in [-0.15, -0.1) is 0 Å². The van der Waals surface area contributed by atoms with Crippen LogP contribution in [0.5, 0.6) is 0 Å². The van der Waals surface area contributed by atoms with Gasteiger partial charge >= 0.3 is 0 Å². The van der Waals surface area contributed by atoms with Gasteiger partial charge in [-0.3, -0.25) is 0 Å². The summed E-state index contributed by atoms with van der Waals surface area (Å²) in [6, 6.07) is 0. The Morgan fingerprint density at radius 3 is 3.44 bits per heavy atom. The minimum absolute atomic E-state index is 0.539.